The van der Waals surface area contributed by atoms with Crippen molar-refractivity contribution in [2.45, 2.75) is 13.5 Å². The van der Waals surface area contributed by atoms with E-state index < -0.39 is 0 Å². The maximum Gasteiger partial charge on any atom is 0.161 e. The second-order valence-electron chi connectivity index (χ2n) is 4.19. The summed E-state index contributed by atoms with van der Waals surface area (Å²) in [6.07, 6.45) is 0. The lowest BCUT2D eigenvalue weighted by Gasteiger charge is -2.12. The summed E-state index contributed by atoms with van der Waals surface area (Å²) < 4.78 is 5.34. The van der Waals surface area contributed by atoms with Gasteiger partial charge in [-0.3, -0.25) is 0 Å². The van der Waals surface area contributed by atoms with Gasteiger partial charge in [-0.1, -0.05) is 29.8 Å². The van der Waals surface area contributed by atoms with Gasteiger partial charge in [0.15, 0.2) is 11.5 Å². The Balaban J connectivity index is 2.00. The Kier molecular flexibility index (Phi) is 5.09. The predicted molar refractivity (Wildman–Crippen MR) is 81.2 cm³/mol. The predicted octanol–water partition coefficient (Wildman–Crippen LogP) is 3.56. The SMILES string of the molecule is CCOc1cc(CNNc2ccccc2)c(Cl)cc1O. The molecule has 106 valence electrons. The fraction of sp³-hybridized carbons (Fsp3) is 0.200. The zero-order chi connectivity index (χ0) is 14.4. The molecule has 3 N–H and O–H groups in total. The fourth-order valence-corrected chi connectivity index (χ4v) is 1.98. The Morgan fingerprint density at radius 1 is 1.20 bits per heavy atom. The normalized spacial score (nSPS) is 10.3. The largest absolute Gasteiger partial charge is 0.504 e. The standard InChI is InChI=1S/C15H17ClN2O2/c1-2-20-15-8-11(13(16)9-14(15)19)10-17-18-12-6-4-3-5-7-12/h3-9,17-19H,2,10H2,1H3. The summed E-state index contributed by atoms with van der Waals surface area (Å²) >= 11 is 6.10. The zero-order valence-corrected chi connectivity index (χ0v) is 11.9. The highest BCUT2D eigenvalue weighted by Gasteiger charge is 2.08. The van der Waals surface area contributed by atoms with Gasteiger partial charge in [0.25, 0.3) is 0 Å². The Morgan fingerprint density at radius 2 is 1.95 bits per heavy atom. The highest BCUT2D eigenvalue weighted by molar-refractivity contribution is 6.31. The van der Waals surface area contributed by atoms with Crippen molar-refractivity contribution in [3.8, 4) is 11.5 Å². The van der Waals surface area contributed by atoms with Crippen molar-refractivity contribution < 1.29 is 9.84 Å². The summed E-state index contributed by atoms with van der Waals surface area (Å²) in [4.78, 5) is 0. The molecule has 0 unspecified atom stereocenters. The van der Waals surface area contributed by atoms with Gasteiger partial charge in [0.1, 0.15) is 0 Å². The van der Waals surface area contributed by atoms with E-state index in [1.54, 1.807) is 6.07 Å². The lowest BCUT2D eigenvalue weighted by Crippen LogP contribution is -2.21. The molecule has 2 aromatic rings. The molecule has 20 heavy (non-hydrogen) atoms. The van der Waals surface area contributed by atoms with Crippen LogP contribution in [0.15, 0.2) is 42.5 Å². The number of hydrogen-bond donors (Lipinski definition) is 3. The lowest BCUT2D eigenvalue weighted by atomic mass is 10.2. The van der Waals surface area contributed by atoms with Crippen molar-refractivity contribution in [2.75, 3.05) is 12.0 Å². The van der Waals surface area contributed by atoms with Gasteiger partial charge in [0, 0.05) is 23.3 Å². The minimum atomic E-state index is 0.0524. The van der Waals surface area contributed by atoms with Gasteiger partial charge < -0.3 is 15.3 Å². The highest BCUT2D eigenvalue weighted by atomic mass is 35.5. The van der Waals surface area contributed by atoms with Gasteiger partial charge in [-0.25, -0.2) is 5.43 Å². The van der Waals surface area contributed by atoms with E-state index in [2.05, 4.69) is 10.9 Å². The molecule has 0 atom stereocenters. The lowest BCUT2D eigenvalue weighted by molar-refractivity contribution is 0.317. The van der Waals surface area contributed by atoms with Crippen LogP contribution in [0, 0.1) is 0 Å². The second-order valence-corrected chi connectivity index (χ2v) is 4.60. The molecule has 0 fully saturated rings. The molecule has 0 amide bonds. The van der Waals surface area contributed by atoms with Gasteiger partial charge >= 0.3 is 0 Å². The van der Waals surface area contributed by atoms with Crippen LogP contribution in [-0.4, -0.2) is 11.7 Å². The number of hydrogen-bond acceptors (Lipinski definition) is 4. The van der Waals surface area contributed by atoms with Crippen molar-refractivity contribution in [1.29, 1.82) is 0 Å². The monoisotopic (exact) mass is 292 g/mol. The van der Waals surface area contributed by atoms with Crippen LogP contribution in [0.3, 0.4) is 0 Å². The molecule has 0 radical (unpaired) electrons. The van der Waals surface area contributed by atoms with Crippen LogP contribution in [0.2, 0.25) is 5.02 Å². The first-order valence-corrected chi connectivity index (χ1v) is 6.76. The first-order valence-electron chi connectivity index (χ1n) is 6.38. The van der Waals surface area contributed by atoms with E-state index in [9.17, 15) is 5.11 Å². The number of aromatic hydroxyl groups is 1. The molecule has 0 aliphatic rings. The average Bonchev–Trinajstić information content (AvgIpc) is 2.45. The molecule has 0 aliphatic heterocycles. The van der Waals surface area contributed by atoms with Gasteiger partial charge in [0.05, 0.1) is 6.61 Å². The van der Waals surface area contributed by atoms with E-state index in [-0.39, 0.29) is 5.75 Å². The Labute approximate surface area is 123 Å². The average molecular weight is 293 g/mol. The molecule has 5 heteroatoms. The van der Waals surface area contributed by atoms with Gasteiger partial charge in [0.2, 0.25) is 0 Å². The minimum absolute atomic E-state index is 0.0524. The topological polar surface area (TPSA) is 53.5 Å². The van der Waals surface area contributed by atoms with Gasteiger partial charge in [-0.05, 0) is 30.7 Å². The van der Waals surface area contributed by atoms with Crippen molar-refractivity contribution in [3.63, 3.8) is 0 Å². The molecule has 0 saturated heterocycles. The number of halogens is 1. The number of nitrogens with one attached hydrogen (secondary N) is 2. The van der Waals surface area contributed by atoms with Crippen LogP contribution in [0.25, 0.3) is 0 Å². The van der Waals surface area contributed by atoms with Crippen LogP contribution in [0.1, 0.15) is 12.5 Å². The van der Waals surface area contributed by atoms with E-state index in [0.717, 1.165) is 11.3 Å². The Bertz CT molecular complexity index is 561. The number of phenolic OH excluding ortho intramolecular Hbond substituents is 1. The van der Waals surface area contributed by atoms with Crippen LogP contribution >= 0.6 is 11.6 Å². The summed E-state index contributed by atoms with van der Waals surface area (Å²) in [6.45, 7) is 2.86. The second kappa shape index (κ2) is 7.03. The van der Waals surface area contributed by atoms with E-state index in [4.69, 9.17) is 16.3 Å². The van der Waals surface area contributed by atoms with Crippen LogP contribution < -0.4 is 15.6 Å². The maximum atomic E-state index is 9.70. The summed E-state index contributed by atoms with van der Waals surface area (Å²) in [7, 11) is 0. The summed E-state index contributed by atoms with van der Waals surface area (Å²) in [5, 5.41) is 10.2. The number of anilines is 1. The van der Waals surface area contributed by atoms with Gasteiger partial charge in [-0.2, -0.15) is 0 Å². The van der Waals surface area contributed by atoms with E-state index in [0.29, 0.717) is 23.9 Å². The summed E-state index contributed by atoms with van der Waals surface area (Å²) in [5.74, 6) is 0.491. The zero-order valence-electron chi connectivity index (χ0n) is 11.2. The number of ether oxygens (including phenoxy) is 1. The smallest absolute Gasteiger partial charge is 0.161 e. The Hall–Kier alpha value is -1.91. The number of hydrazine groups is 1. The molecule has 2 rings (SSSR count). The van der Waals surface area contributed by atoms with Gasteiger partial charge in [-0.15, -0.1) is 0 Å². The third-order valence-electron chi connectivity index (χ3n) is 2.71. The maximum absolute atomic E-state index is 9.70. The third kappa shape index (κ3) is 3.79. The van der Waals surface area contributed by atoms with Crippen molar-refractivity contribution in [2.24, 2.45) is 0 Å². The summed E-state index contributed by atoms with van der Waals surface area (Å²) in [5.41, 5.74) is 7.96. The fourth-order valence-electron chi connectivity index (χ4n) is 1.75. The number of rotatable bonds is 6. The molecule has 0 saturated carbocycles. The number of para-hydroxylation sites is 1. The molecule has 2 aromatic carbocycles. The molecular weight excluding hydrogens is 276 g/mol. The molecule has 0 aromatic heterocycles. The highest BCUT2D eigenvalue weighted by Crippen LogP contribution is 2.32. The molecule has 0 spiro atoms. The van der Waals surface area contributed by atoms with Crippen LogP contribution in [0.5, 0.6) is 11.5 Å². The molecule has 0 heterocycles. The third-order valence-corrected chi connectivity index (χ3v) is 3.07. The molecule has 0 aliphatic carbocycles. The van der Waals surface area contributed by atoms with Crippen molar-refractivity contribution >= 4 is 17.3 Å². The Morgan fingerprint density at radius 3 is 2.65 bits per heavy atom. The molecular formula is C15H17ClN2O2. The first-order chi connectivity index (χ1) is 9.70. The number of benzene rings is 2. The van der Waals surface area contributed by atoms with Crippen LogP contribution in [-0.2, 0) is 6.54 Å². The van der Waals surface area contributed by atoms with E-state index in [1.165, 1.54) is 6.07 Å². The first kappa shape index (κ1) is 14.5. The van der Waals surface area contributed by atoms with E-state index >= 15 is 0 Å². The van der Waals surface area contributed by atoms with Crippen LogP contribution in [0.4, 0.5) is 5.69 Å². The number of phenols is 1. The molecule has 4 nitrogen and oxygen atoms in total. The van der Waals surface area contributed by atoms with Crippen molar-refractivity contribution in [3.05, 3.63) is 53.1 Å². The van der Waals surface area contributed by atoms with Crippen molar-refractivity contribution in [1.82, 2.24) is 5.43 Å². The quantitative estimate of drug-likeness (QED) is 0.713. The summed E-state index contributed by atoms with van der Waals surface area (Å²) in [6, 6.07) is 13.0. The minimum Gasteiger partial charge on any atom is -0.504 e. The van der Waals surface area contributed by atoms with E-state index in [1.807, 2.05) is 37.3 Å². The molecule has 0 bridgehead atoms.